The summed E-state index contributed by atoms with van der Waals surface area (Å²) in [6.45, 7) is 24.6. The van der Waals surface area contributed by atoms with Gasteiger partial charge in [-0.3, -0.25) is 9.78 Å². The van der Waals surface area contributed by atoms with Crippen LogP contribution in [0.4, 0.5) is 0 Å². The molecule has 1 radical (unpaired) electrons. The van der Waals surface area contributed by atoms with Gasteiger partial charge in [-0.1, -0.05) is 111 Å². The van der Waals surface area contributed by atoms with Crippen molar-refractivity contribution in [2.45, 2.75) is 138 Å². The summed E-state index contributed by atoms with van der Waals surface area (Å²) in [5.41, 5.74) is 3.68. The van der Waals surface area contributed by atoms with Gasteiger partial charge in [0.15, 0.2) is 5.78 Å². The fourth-order valence-electron chi connectivity index (χ4n) is 7.42. The van der Waals surface area contributed by atoms with E-state index in [-0.39, 0.29) is 107 Å². The summed E-state index contributed by atoms with van der Waals surface area (Å²) in [7, 11) is 0. The van der Waals surface area contributed by atoms with Crippen LogP contribution in [0.25, 0.3) is 42.3 Å². The van der Waals surface area contributed by atoms with Crippen LogP contribution in [0.1, 0.15) is 147 Å². The summed E-state index contributed by atoms with van der Waals surface area (Å²) in [6.07, 6.45) is 6.62. The number of fused-ring (bicyclic) bond motifs is 6. The molecule has 5 aromatic rings. The first-order valence-corrected chi connectivity index (χ1v) is 19.4. The number of carbonyl (C=O) groups is 1. The average molecular weight is 903 g/mol. The van der Waals surface area contributed by atoms with Crippen LogP contribution in [-0.4, -0.2) is 20.9 Å². The van der Waals surface area contributed by atoms with Crippen molar-refractivity contribution >= 4 is 48.2 Å². The second-order valence-electron chi connectivity index (χ2n) is 16.4. The van der Waals surface area contributed by atoms with Gasteiger partial charge in [0.2, 0.25) is 0 Å². The minimum atomic E-state index is -0.640. The number of benzene rings is 3. The Morgan fingerprint density at radius 2 is 1.58 bits per heavy atom. The average Bonchev–Trinajstić information content (AvgIpc) is 3.52. The van der Waals surface area contributed by atoms with E-state index in [0.29, 0.717) is 27.5 Å². The summed E-state index contributed by atoms with van der Waals surface area (Å²) in [5, 5.41) is 11.2. The van der Waals surface area contributed by atoms with Crippen molar-refractivity contribution < 1.29 is 39.6 Å². The minimum absolute atomic E-state index is 0. The molecule has 6 rings (SSSR count). The van der Waals surface area contributed by atoms with Crippen LogP contribution >= 0.6 is 11.3 Å². The van der Waals surface area contributed by atoms with E-state index in [4.69, 9.17) is 6.85 Å². The second kappa shape index (κ2) is 16.2. The third kappa shape index (κ3) is 8.10. The van der Waals surface area contributed by atoms with Crippen molar-refractivity contribution in [2.75, 3.05) is 0 Å². The van der Waals surface area contributed by atoms with Crippen LogP contribution in [0.5, 0.6) is 0 Å². The molecule has 2 heterocycles. The maximum atomic E-state index is 11.7. The SMILES string of the molecule is CCC(CC)C(=O)/C=C(\O)C(CC)CC.[2H]c1nc(-c2[c-]c3c([2H])c([2H])c([2H])c([2H])c3c(C(C)(C)C)c2[2H])c2sc3c(C)c([2H])c4c(c3c2n1)C(C)(C)CCC4(C)C.[Ir]. The first-order valence-electron chi connectivity index (χ1n) is 22.1. The Morgan fingerprint density at radius 1 is 0.962 bits per heavy atom. The Kier molecular flexibility index (Phi) is 10.1. The van der Waals surface area contributed by atoms with E-state index < -0.39 is 5.41 Å². The maximum Gasteiger partial charge on any atom is 0.162 e. The van der Waals surface area contributed by atoms with Gasteiger partial charge in [-0.2, -0.15) is 0 Å². The van der Waals surface area contributed by atoms with E-state index in [2.05, 4.69) is 43.7 Å². The van der Waals surface area contributed by atoms with E-state index in [1.165, 1.54) is 17.4 Å². The predicted molar refractivity (Wildman–Crippen MR) is 219 cm³/mol. The molecule has 0 fully saturated rings. The van der Waals surface area contributed by atoms with Crippen molar-refractivity contribution in [3.8, 4) is 11.3 Å². The van der Waals surface area contributed by atoms with Gasteiger partial charge >= 0.3 is 0 Å². The third-order valence-corrected chi connectivity index (χ3v) is 12.1. The largest absolute Gasteiger partial charge is 0.512 e. The molecule has 1 aliphatic carbocycles. The number of nitrogens with zero attached hydrogens (tertiary/aromatic N) is 2. The van der Waals surface area contributed by atoms with Crippen LogP contribution in [0, 0.1) is 24.8 Å². The molecule has 3 aromatic carbocycles. The van der Waals surface area contributed by atoms with Gasteiger partial charge in [-0.15, -0.1) is 40.4 Å². The molecule has 0 spiro atoms. The first-order chi connectivity index (χ1) is 26.9. The normalized spacial score (nSPS) is 17.3. The van der Waals surface area contributed by atoms with Crippen molar-refractivity contribution in [1.29, 1.82) is 0 Å². The molecular weight excluding hydrogens is 837 g/mol. The van der Waals surface area contributed by atoms with Crippen molar-refractivity contribution in [3.05, 3.63) is 82.7 Å². The zero-order valence-corrected chi connectivity index (χ0v) is 36.2. The minimum Gasteiger partial charge on any atom is -0.512 e. The number of hydrogen-bond acceptors (Lipinski definition) is 5. The molecule has 0 amide bonds. The van der Waals surface area contributed by atoms with Gasteiger partial charge in [-0.25, -0.2) is 4.98 Å². The molecule has 0 atom stereocenters. The van der Waals surface area contributed by atoms with Crippen molar-refractivity contribution in [1.82, 2.24) is 9.97 Å². The fourth-order valence-corrected chi connectivity index (χ4v) is 8.62. The Balaban J connectivity index is 0.000000411. The van der Waals surface area contributed by atoms with E-state index in [9.17, 15) is 12.6 Å². The first kappa shape index (κ1) is 32.5. The number of allylic oxidation sites excluding steroid dienone is 2. The van der Waals surface area contributed by atoms with Crippen molar-refractivity contribution in [2.24, 2.45) is 11.8 Å². The van der Waals surface area contributed by atoms with Crippen LogP contribution in [-0.2, 0) is 41.1 Å². The summed E-state index contributed by atoms with van der Waals surface area (Å²) in [6, 6.07) is 2.68. The zero-order valence-electron chi connectivity index (χ0n) is 40.0. The van der Waals surface area contributed by atoms with Gasteiger partial charge in [0.25, 0.3) is 0 Å². The Labute approximate surface area is 340 Å². The Hall–Kier alpha value is -2.92. The van der Waals surface area contributed by atoms with Gasteiger partial charge in [0.05, 0.1) is 16.8 Å². The number of rotatable bonds is 8. The molecule has 4 nitrogen and oxygen atoms in total. The molecule has 1 aliphatic rings. The maximum absolute atomic E-state index is 11.7. The predicted octanol–water partition coefficient (Wildman–Crippen LogP) is 13.3. The molecule has 6 heteroatoms. The summed E-state index contributed by atoms with van der Waals surface area (Å²) in [4.78, 5) is 20.9. The van der Waals surface area contributed by atoms with E-state index >= 15 is 0 Å². The number of aryl methyl sites for hydroxylation is 1. The number of hydrogen-bond donors (Lipinski definition) is 1. The van der Waals surface area contributed by atoms with Crippen molar-refractivity contribution in [3.63, 3.8) is 0 Å². The molecule has 0 bridgehead atoms. The molecule has 0 saturated carbocycles. The van der Waals surface area contributed by atoms with Gasteiger partial charge in [-0.05, 0) is 78.4 Å². The molecule has 1 N–H and O–H groups in total. The fraction of sp³-hybridized carbons (Fsp3) is 0.500. The molecule has 281 valence electrons. The Bertz CT molecular complexity index is 2480. The number of carbonyl (C=O) groups excluding carboxylic acids is 1. The second-order valence-corrected chi connectivity index (χ2v) is 17.4. The monoisotopic (exact) mass is 903 g/mol. The van der Waals surface area contributed by atoms with E-state index in [1.54, 1.807) is 0 Å². The summed E-state index contributed by atoms with van der Waals surface area (Å²) < 4.78 is 63.0. The topological polar surface area (TPSA) is 63.1 Å². The molecular formula is C46H59IrN2O2S-. The zero-order chi connectivity index (χ0) is 43.6. The third-order valence-electron chi connectivity index (χ3n) is 10.8. The van der Waals surface area contributed by atoms with Gasteiger partial charge in [0.1, 0.15) is 7.67 Å². The standard InChI is InChI=1S/C33H35N2S.C13H24O2.Ir/c1-19-15-24-26(33(7,8)14-13-32(24,5)6)25-28-30(36-29(19)25)27(34-18-35-28)21-16-20-11-9-10-12-22(20)23(17-21)31(2,3)4;1-5-10(6-2)12(14)9-13(15)11(7-3)8-4;/h9-12,15,17-18H,13-14H2,1-8H3;9-11,14H,5-8H2,1-4H3;/q-1;;/b;12-9-;/i9D,10D,11D,12D,15D,17D,18D;;. The van der Waals surface area contributed by atoms with Gasteiger partial charge < -0.3 is 5.11 Å². The Morgan fingerprint density at radius 3 is 2.19 bits per heavy atom. The van der Waals surface area contributed by atoms with Crippen LogP contribution < -0.4 is 0 Å². The molecule has 0 unspecified atom stereocenters. The summed E-state index contributed by atoms with van der Waals surface area (Å²) in [5.74, 6) is 0.547. The summed E-state index contributed by atoms with van der Waals surface area (Å²) >= 11 is 1.46. The number of ketones is 1. The van der Waals surface area contributed by atoms with E-state index in [1.807, 2.05) is 55.4 Å². The number of aliphatic hydroxyl groups is 1. The van der Waals surface area contributed by atoms with Crippen LogP contribution in [0.3, 0.4) is 0 Å². The van der Waals surface area contributed by atoms with Crippen LogP contribution in [0.2, 0.25) is 0 Å². The molecule has 52 heavy (non-hydrogen) atoms. The van der Waals surface area contributed by atoms with Gasteiger partial charge in [0, 0.05) is 61.2 Å². The van der Waals surface area contributed by atoms with Crippen LogP contribution in [0.15, 0.2) is 54.4 Å². The molecule has 0 saturated heterocycles. The number of aromatic nitrogens is 2. The smallest absolute Gasteiger partial charge is 0.162 e. The quantitative estimate of drug-likeness (QED) is 0.0957. The molecule has 0 aliphatic heterocycles. The number of thiophene rings is 1. The number of aliphatic hydroxyl groups excluding tert-OH is 1. The molecule has 2 aromatic heterocycles. The van der Waals surface area contributed by atoms with E-state index in [0.717, 1.165) is 65.3 Å².